The molecule has 1 heterocycles. The maximum atomic E-state index is 12.2. The second-order valence-electron chi connectivity index (χ2n) is 4.38. The van der Waals surface area contributed by atoms with Crippen LogP contribution in [0, 0.1) is 0 Å². The average molecular weight is 349 g/mol. The molecule has 19 heavy (non-hydrogen) atoms. The van der Waals surface area contributed by atoms with Crippen LogP contribution >= 0.6 is 15.9 Å². The van der Waals surface area contributed by atoms with E-state index < -0.39 is 16.2 Å². The van der Waals surface area contributed by atoms with Crippen molar-refractivity contribution in [3.8, 4) is 0 Å². The number of carboxylic acids is 1. The van der Waals surface area contributed by atoms with Crippen molar-refractivity contribution in [2.24, 2.45) is 0 Å². The number of carboxylic acid groups (broad SMARTS) is 1. The predicted octanol–water partition coefficient (Wildman–Crippen LogP) is 1.32. The van der Waals surface area contributed by atoms with E-state index in [1.165, 1.54) is 24.5 Å². The fourth-order valence-electron chi connectivity index (χ4n) is 1.98. The first-order valence-electron chi connectivity index (χ1n) is 5.51. The number of benzene rings is 1. The van der Waals surface area contributed by atoms with Crippen molar-refractivity contribution in [3.05, 3.63) is 27.7 Å². The van der Waals surface area contributed by atoms with Gasteiger partial charge in [-0.25, -0.2) is 4.79 Å². The van der Waals surface area contributed by atoms with E-state index >= 15 is 0 Å². The van der Waals surface area contributed by atoms with E-state index in [4.69, 9.17) is 5.11 Å². The van der Waals surface area contributed by atoms with E-state index in [0.717, 1.165) is 9.87 Å². The summed E-state index contributed by atoms with van der Waals surface area (Å²) in [5.74, 6) is -1.09. The highest BCUT2D eigenvalue weighted by atomic mass is 79.9. The summed E-state index contributed by atoms with van der Waals surface area (Å²) in [6.07, 6.45) is 0.570. The smallest absolute Gasteiger partial charge is 0.336 e. The zero-order valence-electron chi connectivity index (χ0n) is 10.4. The highest BCUT2D eigenvalue weighted by molar-refractivity contribution is 9.10. The Bertz CT molecular complexity index is 642. The van der Waals surface area contributed by atoms with E-state index in [1.807, 2.05) is 0 Å². The van der Waals surface area contributed by atoms with Crippen LogP contribution in [0.1, 0.15) is 15.9 Å². The SMILES string of the molecule is CN(C)S(=O)(=O)N1CCc2cc(Br)c(C(=O)O)cc21. The molecule has 0 bridgehead atoms. The lowest BCUT2D eigenvalue weighted by Crippen LogP contribution is -2.39. The van der Waals surface area contributed by atoms with Gasteiger partial charge in [-0.15, -0.1) is 0 Å². The zero-order chi connectivity index (χ0) is 14.4. The Labute approximate surface area is 119 Å². The molecule has 0 fully saturated rings. The van der Waals surface area contributed by atoms with Crippen molar-refractivity contribution in [3.63, 3.8) is 0 Å². The van der Waals surface area contributed by atoms with E-state index in [1.54, 1.807) is 6.07 Å². The van der Waals surface area contributed by atoms with Gasteiger partial charge in [-0.05, 0) is 40.0 Å². The van der Waals surface area contributed by atoms with Crippen LogP contribution in [0.25, 0.3) is 0 Å². The Kier molecular flexibility index (Phi) is 3.59. The van der Waals surface area contributed by atoms with Crippen molar-refractivity contribution in [1.29, 1.82) is 0 Å². The number of halogens is 1. The number of anilines is 1. The van der Waals surface area contributed by atoms with Gasteiger partial charge in [-0.1, -0.05) is 0 Å². The Morgan fingerprint density at radius 3 is 2.58 bits per heavy atom. The molecular formula is C11H13BrN2O4S. The lowest BCUT2D eigenvalue weighted by molar-refractivity contribution is 0.0696. The van der Waals surface area contributed by atoms with Crippen molar-refractivity contribution < 1.29 is 18.3 Å². The minimum atomic E-state index is -3.59. The summed E-state index contributed by atoms with van der Waals surface area (Å²) in [4.78, 5) is 11.1. The normalized spacial score (nSPS) is 14.8. The number of fused-ring (bicyclic) bond motifs is 1. The third kappa shape index (κ3) is 2.35. The van der Waals surface area contributed by atoms with Gasteiger partial charge >= 0.3 is 16.2 Å². The molecule has 0 aromatic heterocycles. The van der Waals surface area contributed by atoms with Crippen LogP contribution in [-0.2, 0) is 16.6 Å². The third-order valence-corrected chi connectivity index (χ3v) is 5.51. The van der Waals surface area contributed by atoms with Crippen LogP contribution < -0.4 is 4.31 Å². The Morgan fingerprint density at radius 1 is 1.42 bits per heavy atom. The lowest BCUT2D eigenvalue weighted by atomic mass is 10.1. The van der Waals surface area contributed by atoms with Crippen LogP contribution in [0.4, 0.5) is 5.69 Å². The number of rotatable bonds is 3. The molecule has 1 N–H and O–H groups in total. The molecule has 0 radical (unpaired) electrons. The minimum absolute atomic E-state index is 0.0552. The first-order valence-corrected chi connectivity index (χ1v) is 7.70. The monoisotopic (exact) mass is 348 g/mol. The molecule has 8 heteroatoms. The van der Waals surface area contributed by atoms with Gasteiger partial charge < -0.3 is 5.11 Å². The lowest BCUT2D eigenvalue weighted by Gasteiger charge is -2.23. The van der Waals surface area contributed by atoms with Crippen molar-refractivity contribution in [2.45, 2.75) is 6.42 Å². The van der Waals surface area contributed by atoms with Gasteiger partial charge in [0.25, 0.3) is 0 Å². The van der Waals surface area contributed by atoms with E-state index in [2.05, 4.69) is 15.9 Å². The fraction of sp³-hybridized carbons (Fsp3) is 0.364. The van der Waals surface area contributed by atoms with Gasteiger partial charge in [0.05, 0.1) is 11.3 Å². The number of hydrogen-bond donors (Lipinski definition) is 1. The van der Waals surface area contributed by atoms with Crippen LogP contribution in [0.2, 0.25) is 0 Å². The molecule has 2 rings (SSSR count). The van der Waals surface area contributed by atoms with Crippen molar-refractivity contribution in [2.75, 3.05) is 24.9 Å². The molecule has 1 aliphatic heterocycles. The molecule has 1 aromatic rings. The molecule has 6 nitrogen and oxygen atoms in total. The summed E-state index contributed by atoms with van der Waals surface area (Å²) in [6, 6.07) is 3.07. The molecular weight excluding hydrogens is 336 g/mol. The number of hydrogen-bond acceptors (Lipinski definition) is 3. The Balaban J connectivity index is 2.57. The van der Waals surface area contributed by atoms with Gasteiger partial charge in [0, 0.05) is 25.1 Å². The summed E-state index contributed by atoms with van der Waals surface area (Å²) in [5, 5.41) is 9.09. The number of carbonyl (C=O) groups is 1. The molecule has 0 unspecified atom stereocenters. The number of aromatic carboxylic acids is 1. The molecule has 1 aliphatic rings. The predicted molar refractivity (Wildman–Crippen MR) is 74.8 cm³/mol. The van der Waals surface area contributed by atoms with E-state index in [0.29, 0.717) is 23.1 Å². The van der Waals surface area contributed by atoms with Crippen LogP contribution in [-0.4, -0.2) is 44.4 Å². The van der Waals surface area contributed by atoms with Gasteiger partial charge in [-0.2, -0.15) is 12.7 Å². The molecule has 0 saturated carbocycles. The summed E-state index contributed by atoms with van der Waals surface area (Å²) in [7, 11) is -0.690. The zero-order valence-corrected chi connectivity index (χ0v) is 12.8. The van der Waals surface area contributed by atoms with Gasteiger partial charge in [0.1, 0.15) is 0 Å². The van der Waals surface area contributed by atoms with Crippen molar-refractivity contribution >= 4 is 37.8 Å². The van der Waals surface area contributed by atoms with E-state index in [-0.39, 0.29) is 5.56 Å². The van der Waals surface area contributed by atoms with Gasteiger partial charge in [0.15, 0.2) is 0 Å². The average Bonchev–Trinajstić information content (AvgIpc) is 2.70. The first-order chi connectivity index (χ1) is 8.75. The highest BCUT2D eigenvalue weighted by Crippen LogP contribution is 2.35. The molecule has 0 atom stereocenters. The molecule has 0 amide bonds. The molecule has 0 aliphatic carbocycles. The second-order valence-corrected chi connectivity index (χ2v) is 7.30. The maximum absolute atomic E-state index is 12.2. The first kappa shape index (κ1) is 14.3. The Hall–Kier alpha value is -1.12. The van der Waals surface area contributed by atoms with Crippen LogP contribution in [0.3, 0.4) is 0 Å². The molecule has 1 aromatic carbocycles. The van der Waals surface area contributed by atoms with Crippen LogP contribution in [0.5, 0.6) is 0 Å². The molecule has 104 valence electrons. The third-order valence-electron chi connectivity index (χ3n) is 2.99. The fourth-order valence-corrected chi connectivity index (χ4v) is 3.67. The quantitative estimate of drug-likeness (QED) is 0.893. The van der Waals surface area contributed by atoms with Crippen molar-refractivity contribution in [1.82, 2.24) is 4.31 Å². The topological polar surface area (TPSA) is 77.9 Å². The summed E-state index contributed by atoms with van der Waals surface area (Å²) < 4.78 is 27.1. The molecule has 0 spiro atoms. The van der Waals surface area contributed by atoms with Gasteiger partial charge in [-0.3, -0.25) is 4.31 Å². The summed E-state index contributed by atoms with van der Waals surface area (Å²) in [5.41, 5.74) is 1.32. The largest absolute Gasteiger partial charge is 0.478 e. The van der Waals surface area contributed by atoms with Gasteiger partial charge in [0.2, 0.25) is 0 Å². The second kappa shape index (κ2) is 4.77. The summed E-state index contributed by atoms with van der Waals surface area (Å²) >= 11 is 3.19. The Morgan fingerprint density at radius 2 is 2.05 bits per heavy atom. The standard InChI is InChI=1S/C11H13BrN2O4S/c1-13(2)19(17,18)14-4-3-7-5-9(12)8(11(15)16)6-10(7)14/h5-6H,3-4H2,1-2H3,(H,15,16). The van der Waals surface area contributed by atoms with Crippen LogP contribution in [0.15, 0.2) is 16.6 Å². The summed E-state index contributed by atoms with van der Waals surface area (Å²) in [6.45, 7) is 0.325. The van der Waals surface area contributed by atoms with E-state index in [9.17, 15) is 13.2 Å². The molecule has 0 saturated heterocycles. The maximum Gasteiger partial charge on any atom is 0.336 e. The minimum Gasteiger partial charge on any atom is -0.478 e. The highest BCUT2D eigenvalue weighted by Gasteiger charge is 2.32. The number of nitrogens with zero attached hydrogens (tertiary/aromatic N) is 2.